The van der Waals surface area contributed by atoms with Crippen LogP contribution in [0.5, 0.6) is 11.5 Å². The van der Waals surface area contributed by atoms with Crippen LogP contribution in [0.3, 0.4) is 0 Å². The highest BCUT2D eigenvalue weighted by atomic mass is 32.1. The van der Waals surface area contributed by atoms with Gasteiger partial charge in [-0.05, 0) is 76.2 Å². The number of benzene rings is 8. The Labute approximate surface area is 294 Å². The lowest BCUT2D eigenvalue weighted by Gasteiger charge is -2.40. The monoisotopic (exact) mass is 655 g/mol. The Kier molecular flexibility index (Phi) is 5.78. The van der Waals surface area contributed by atoms with Crippen molar-refractivity contribution in [3.8, 4) is 22.6 Å². The van der Waals surface area contributed by atoms with Gasteiger partial charge in [0.2, 0.25) is 0 Å². The van der Waals surface area contributed by atoms with Gasteiger partial charge in [-0.2, -0.15) is 0 Å². The van der Waals surface area contributed by atoms with Gasteiger partial charge in [0.25, 0.3) is 0 Å². The maximum absolute atomic E-state index is 6.89. The first-order valence-corrected chi connectivity index (χ1v) is 17.9. The molecule has 3 heteroatoms. The number of fused-ring (bicyclic) bond motifs is 14. The third-order valence-corrected chi connectivity index (χ3v) is 11.8. The molecule has 1 atom stereocenters. The Morgan fingerprint density at radius 2 is 1.18 bits per heavy atom. The highest BCUT2D eigenvalue weighted by Crippen LogP contribution is 2.63. The van der Waals surface area contributed by atoms with E-state index in [0.29, 0.717) is 0 Å². The summed E-state index contributed by atoms with van der Waals surface area (Å²) in [6, 6.07) is 64.1. The van der Waals surface area contributed by atoms with Crippen LogP contribution in [0.15, 0.2) is 176 Å². The molecule has 1 unspecified atom stereocenters. The molecule has 1 aliphatic carbocycles. The predicted octanol–water partition coefficient (Wildman–Crippen LogP) is 13.1. The summed E-state index contributed by atoms with van der Waals surface area (Å²) >= 11 is 1.86. The predicted molar refractivity (Wildman–Crippen MR) is 209 cm³/mol. The Bertz CT molecular complexity index is 2820. The first-order chi connectivity index (χ1) is 24.8. The first kappa shape index (κ1) is 27.8. The summed E-state index contributed by atoms with van der Waals surface area (Å²) in [6.45, 7) is 0. The lowest BCUT2D eigenvalue weighted by Crippen LogP contribution is -2.32. The highest BCUT2D eigenvalue weighted by Gasteiger charge is 2.51. The number of hydrogen-bond acceptors (Lipinski definition) is 3. The zero-order valence-electron chi connectivity index (χ0n) is 27.0. The fourth-order valence-electron chi connectivity index (χ4n) is 8.70. The number of anilines is 3. The zero-order chi connectivity index (χ0) is 32.8. The molecule has 2 heterocycles. The Morgan fingerprint density at radius 1 is 0.460 bits per heavy atom. The van der Waals surface area contributed by atoms with Crippen LogP contribution in [-0.4, -0.2) is 0 Å². The maximum Gasteiger partial charge on any atom is 0.140 e. The van der Waals surface area contributed by atoms with E-state index in [0.717, 1.165) is 28.3 Å². The number of ether oxygens (including phenoxy) is 1. The summed E-state index contributed by atoms with van der Waals surface area (Å²) in [5, 5.41) is 4.87. The van der Waals surface area contributed by atoms with Crippen molar-refractivity contribution in [2.24, 2.45) is 0 Å². The highest BCUT2D eigenvalue weighted by molar-refractivity contribution is 7.26. The van der Waals surface area contributed by atoms with Crippen molar-refractivity contribution in [2.75, 3.05) is 4.90 Å². The molecule has 0 N–H and O–H groups in total. The Morgan fingerprint density at radius 3 is 2.10 bits per heavy atom. The number of nitrogens with zero attached hydrogens (tertiary/aromatic N) is 1. The number of thiophene rings is 1. The van der Waals surface area contributed by atoms with Crippen molar-refractivity contribution in [3.05, 3.63) is 198 Å². The van der Waals surface area contributed by atoms with Crippen LogP contribution in [0.25, 0.3) is 42.1 Å². The zero-order valence-corrected chi connectivity index (χ0v) is 27.8. The van der Waals surface area contributed by atoms with Crippen LogP contribution in [-0.2, 0) is 5.41 Å². The van der Waals surface area contributed by atoms with Crippen molar-refractivity contribution in [1.29, 1.82) is 0 Å². The Hall–Kier alpha value is -6.16. The minimum atomic E-state index is -0.570. The van der Waals surface area contributed by atoms with Gasteiger partial charge < -0.3 is 9.64 Å². The fraction of sp³-hybridized carbons (Fsp3) is 0.0213. The molecule has 2 nitrogen and oxygen atoms in total. The second-order valence-electron chi connectivity index (χ2n) is 13.2. The maximum atomic E-state index is 6.89. The summed E-state index contributed by atoms with van der Waals surface area (Å²) in [7, 11) is 0. The standard InChI is InChI=1S/C47H29NOS/c1-2-14-31(15-3-1)48(41-21-12-24-44-45(41)36-18-7-11-23-43(36)50-44)32-26-27-35-34-17-6-8-19-37(34)47(40(35)29-32)38-20-9-10-22-42(38)49-46-33-16-5-4-13-30(33)25-28-39(46)47/h1-29H. The third-order valence-electron chi connectivity index (χ3n) is 10.7. The van der Waals surface area contributed by atoms with Crippen LogP contribution >= 0.6 is 11.3 Å². The minimum absolute atomic E-state index is 0.570. The van der Waals surface area contributed by atoms with Crippen molar-refractivity contribution >= 4 is 59.3 Å². The quantitative estimate of drug-likeness (QED) is 0.188. The molecule has 0 fully saturated rings. The molecular formula is C47H29NOS. The van der Waals surface area contributed by atoms with E-state index < -0.39 is 5.41 Å². The molecule has 0 amide bonds. The van der Waals surface area contributed by atoms with Crippen molar-refractivity contribution in [3.63, 3.8) is 0 Å². The summed E-state index contributed by atoms with van der Waals surface area (Å²) in [6.07, 6.45) is 0. The van der Waals surface area contributed by atoms with Crippen LogP contribution in [0.1, 0.15) is 22.3 Å². The molecular weight excluding hydrogens is 627 g/mol. The second kappa shape index (κ2) is 10.4. The largest absolute Gasteiger partial charge is 0.456 e. The van der Waals surface area contributed by atoms with Crippen molar-refractivity contribution in [1.82, 2.24) is 0 Å². The van der Waals surface area contributed by atoms with Gasteiger partial charge in [-0.25, -0.2) is 0 Å². The van der Waals surface area contributed by atoms with E-state index in [2.05, 4.69) is 181 Å². The molecule has 1 spiro atoms. The summed E-state index contributed by atoms with van der Waals surface area (Å²) < 4.78 is 9.48. The molecule has 8 aromatic carbocycles. The topological polar surface area (TPSA) is 12.5 Å². The summed E-state index contributed by atoms with van der Waals surface area (Å²) in [5.74, 6) is 1.84. The van der Waals surface area contributed by atoms with E-state index in [1.807, 2.05) is 11.3 Å². The molecule has 1 aliphatic heterocycles. The number of hydrogen-bond donors (Lipinski definition) is 0. The van der Waals surface area contributed by atoms with Crippen LogP contribution in [0, 0.1) is 0 Å². The minimum Gasteiger partial charge on any atom is -0.456 e. The van der Waals surface area contributed by atoms with E-state index in [1.165, 1.54) is 64.6 Å². The van der Waals surface area contributed by atoms with Crippen LogP contribution in [0.4, 0.5) is 17.1 Å². The SMILES string of the molecule is c1ccc(N(c2ccc3c(c2)C2(c4ccccc4Oc4c2ccc2ccccc42)c2ccccc2-3)c2cccc3sc4ccccc4c23)cc1. The fourth-order valence-corrected chi connectivity index (χ4v) is 9.83. The summed E-state index contributed by atoms with van der Waals surface area (Å²) in [5.41, 5.74) is 10.3. The molecule has 9 aromatic rings. The molecule has 50 heavy (non-hydrogen) atoms. The second-order valence-corrected chi connectivity index (χ2v) is 14.3. The van der Waals surface area contributed by atoms with Crippen molar-refractivity contribution in [2.45, 2.75) is 5.41 Å². The van der Waals surface area contributed by atoms with Gasteiger partial charge in [0.1, 0.15) is 11.5 Å². The molecule has 0 radical (unpaired) electrons. The Balaban J connectivity index is 1.25. The van der Waals surface area contributed by atoms with Gasteiger partial charge in [-0.15, -0.1) is 11.3 Å². The average Bonchev–Trinajstić information content (AvgIpc) is 3.70. The number of rotatable bonds is 3. The van der Waals surface area contributed by atoms with Crippen molar-refractivity contribution < 1.29 is 4.74 Å². The van der Waals surface area contributed by atoms with Gasteiger partial charge in [-0.1, -0.05) is 127 Å². The molecule has 11 rings (SSSR count). The molecule has 1 aromatic heterocycles. The van der Waals surface area contributed by atoms with Crippen LogP contribution in [0.2, 0.25) is 0 Å². The lowest BCUT2D eigenvalue weighted by molar-refractivity contribution is 0.441. The van der Waals surface area contributed by atoms with Gasteiger partial charge in [0, 0.05) is 48.1 Å². The normalized spacial score (nSPS) is 15.4. The lowest BCUT2D eigenvalue weighted by atomic mass is 9.65. The van der Waals surface area contributed by atoms with Gasteiger partial charge in [0.05, 0.1) is 11.1 Å². The molecule has 0 bridgehead atoms. The third kappa shape index (κ3) is 3.67. The van der Waals surface area contributed by atoms with E-state index in [-0.39, 0.29) is 0 Å². The van der Waals surface area contributed by atoms with Crippen LogP contribution < -0.4 is 9.64 Å². The van der Waals surface area contributed by atoms with E-state index in [4.69, 9.17) is 4.74 Å². The average molecular weight is 656 g/mol. The van der Waals surface area contributed by atoms with E-state index in [1.54, 1.807) is 0 Å². The number of para-hydroxylation sites is 2. The van der Waals surface area contributed by atoms with E-state index in [9.17, 15) is 0 Å². The molecule has 234 valence electrons. The smallest absolute Gasteiger partial charge is 0.140 e. The van der Waals surface area contributed by atoms with Gasteiger partial charge >= 0.3 is 0 Å². The van der Waals surface area contributed by atoms with Gasteiger partial charge in [-0.3, -0.25) is 0 Å². The molecule has 2 aliphatic rings. The van der Waals surface area contributed by atoms with E-state index >= 15 is 0 Å². The first-order valence-electron chi connectivity index (χ1n) is 17.1. The molecule has 0 saturated carbocycles. The molecule has 0 saturated heterocycles. The van der Waals surface area contributed by atoms with Gasteiger partial charge in [0.15, 0.2) is 0 Å². The summed E-state index contributed by atoms with van der Waals surface area (Å²) in [4.78, 5) is 2.45.